The monoisotopic (exact) mass is 284 g/mol. The highest BCUT2D eigenvalue weighted by molar-refractivity contribution is 5.94. The van der Waals surface area contributed by atoms with Crippen molar-refractivity contribution in [3.05, 3.63) is 42.6 Å². The number of rotatable bonds is 2. The molecule has 1 aliphatic heterocycles. The van der Waals surface area contributed by atoms with E-state index in [1.54, 1.807) is 29.4 Å². The summed E-state index contributed by atoms with van der Waals surface area (Å²) in [7, 11) is 0. The van der Waals surface area contributed by atoms with Crippen LogP contribution in [0, 0.1) is 11.8 Å². The van der Waals surface area contributed by atoms with Crippen LogP contribution >= 0.6 is 0 Å². The predicted octanol–water partition coefficient (Wildman–Crippen LogP) is 2.39. The van der Waals surface area contributed by atoms with Gasteiger partial charge in [-0.25, -0.2) is 9.97 Å². The lowest BCUT2D eigenvalue weighted by molar-refractivity contribution is 0.0623. The molecule has 5 heteroatoms. The summed E-state index contributed by atoms with van der Waals surface area (Å²) < 4.78 is 1.80. The van der Waals surface area contributed by atoms with Crippen molar-refractivity contribution in [2.45, 2.75) is 20.3 Å². The molecule has 5 nitrogen and oxygen atoms in total. The van der Waals surface area contributed by atoms with Crippen molar-refractivity contribution in [2.75, 3.05) is 13.1 Å². The molecule has 3 heterocycles. The number of hydrogen-bond acceptors (Lipinski definition) is 3. The van der Waals surface area contributed by atoms with E-state index in [9.17, 15) is 4.79 Å². The maximum atomic E-state index is 12.7. The average molecular weight is 284 g/mol. The molecule has 0 unspecified atom stereocenters. The molecule has 1 saturated heterocycles. The molecule has 110 valence electrons. The van der Waals surface area contributed by atoms with E-state index in [4.69, 9.17) is 0 Å². The van der Waals surface area contributed by atoms with Crippen LogP contribution in [0.3, 0.4) is 0 Å². The largest absolute Gasteiger partial charge is 0.338 e. The van der Waals surface area contributed by atoms with Crippen LogP contribution < -0.4 is 0 Å². The van der Waals surface area contributed by atoms with Gasteiger partial charge in [0.1, 0.15) is 12.1 Å². The van der Waals surface area contributed by atoms with E-state index in [0.717, 1.165) is 18.9 Å². The van der Waals surface area contributed by atoms with Crippen molar-refractivity contribution < 1.29 is 4.79 Å². The SMILES string of the molecule is C[C@H]1C[C@H](C)CN(C(=O)c2ccnc(-n3ccnc3)c2)C1. The summed E-state index contributed by atoms with van der Waals surface area (Å²) in [6.45, 7) is 6.09. The lowest BCUT2D eigenvalue weighted by Crippen LogP contribution is -2.42. The van der Waals surface area contributed by atoms with E-state index in [0.29, 0.717) is 17.4 Å². The first-order valence-electron chi connectivity index (χ1n) is 7.37. The van der Waals surface area contributed by atoms with Gasteiger partial charge < -0.3 is 4.90 Å². The second-order valence-electron chi connectivity index (χ2n) is 6.03. The van der Waals surface area contributed by atoms with Crippen LogP contribution in [-0.2, 0) is 0 Å². The summed E-state index contributed by atoms with van der Waals surface area (Å²) in [6, 6.07) is 3.61. The van der Waals surface area contributed by atoms with Crippen molar-refractivity contribution >= 4 is 5.91 Å². The topological polar surface area (TPSA) is 51.0 Å². The van der Waals surface area contributed by atoms with E-state index < -0.39 is 0 Å². The van der Waals surface area contributed by atoms with Crippen LogP contribution in [0.4, 0.5) is 0 Å². The van der Waals surface area contributed by atoms with Crippen molar-refractivity contribution in [1.82, 2.24) is 19.4 Å². The fourth-order valence-corrected chi connectivity index (χ4v) is 3.10. The molecule has 3 rings (SSSR count). The van der Waals surface area contributed by atoms with Crippen LogP contribution in [-0.4, -0.2) is 38.4 Å². The van der Waals surface area contributed by atoms with Gasteiger partial charge in [0, 0.05) is 37.2 Å². The molecule has 0 radical (unpaired) electrons. The Morgan fingerprint density at radius 2 is 2.00 bits per heavy atom. The number of carbonyl (C=O) groups excluding carboxylic acids is 1. The second-order valence-corrected chi connectivity index (χ2v) is 6.03. The van der Waals surface area contributed by atoms with Crippen molar-refractivity contribution in [2.24, 2.45) is 11.8 Å². The summed E-state index contributed by atoms with van der Waals surface area (Å²) in [6.07, 6.45) is 8.08. The number of piperidine rings is 1. The highest BCUT2D eigenvalue weighted by Crippen LogP contribution is 2.22. The van der Waals surface area contributed by atoms with E-state index in [2.05, 4.69) is 23.8 Å². The molecule has 2 atom stereocenters. The molecule has 0 bridgehead atoms. The van der Waals surface area contributed by atoms with Crippen molar-refractivity contribution in [3.8, 4) is 5.82 Å². The molecule has 1 fully saturated rings. The third kappa shape index (κ3) is 2.96. The summed E-state index contributed by atoms with van der Waals surface area (Å²) in [5.41, 5.74) is 0.690. The molecule has 1 amide bonds. The minimum absolute atomic E-state index is 0.0946. The average Bonchev–Trinajstić information content (AvgIpc) is 3.00. The summed E-state index contributed by atoms with van der Waals surface area (Å²) in [5, 5.41) is 0. The highest BCUT2D eigenvalue weighted by Gasteiger charge is 2.26. The Labute approximate surface area is 124 Å². The first kappa shape index (κ1) is 13.8. The molecule has 0 saturated carbocycles. The minimum atomic E-state index is 0.0946. The van der Waals surface area contributed by atoms with Gasteiger partial charge in [-0.3, -0.25) is 9.36 Å². The number of hydrogen-bond donors (Lipinski definition) is 0. The molecule has 2 aromatic heterocycles. The normalized spacial score (nSPS) is 22.3. The van der Waals surface area contributed by atoms with Gasteiger partial charge >= 0.3 is 0 Å². The first-order valence-corrected chi connectivity index (χ1v) is 7.37. The van der Waals surface area contributed by atoms with Gasteiger partial charge in [0.05, 0.1) is 0 Å². The second kappa shape index (κ2) is 5.68. The predicted molar refractivity (Wildman–Crippen MR) is 80.2 cm³/mol. The Morgan fingerprint density at radius 3 is 2.67 bits per heavy atom. The molecule has 0 spiro atoms. The van der Waals surface area contributed by atoms with Gasteiger partial charge in [0.25, 0.3) is 5.91 Å². The van der Waals surface area contributed by atoms with E-state index >= 15 is 0 Å². The Bertz CT molecular complexity index is 613. The molecule has 1 aliphatic rings. The number of nitrogens with zero attached hydrogens (tertiary/aromatic N) is 4. The number of likely N-dealkylation sites (tertiary alicyclic amines) is 1. The molecule has 2 aromatic rings. The summed E-state index contributed by atoms with van der Waals surface area (Å²) in [4.78, 5) is 23.0. The van der Waals surface area contributed by atoms with Crippen molar-refractivity contribution in [3.63, 3.8) is 0 Å². The maximum absolute atomic E-state index is 12.7. The van der Waals surface area contributed by atoms with Gasteiger partial charge in [-0.2, -0.15) is 0 Å². The Balaban J connectivity index is 1.83. The Hall–Kier alpha value is -2.17. The third-order valence-electron chi connectivity index (χ3n) is 3.92. The standard InChI is InChI=1S/C16H20N4O/c1-12-7-13(2)10-20(9-12)16(21)14-3-4-18-15(8-14)19-6-5-17-11-19/h3-6,8,11-13H,7,9-10H2,1-2H3/t12-,13-/m0/s1. The fourth-order valence-electron chi connectivity index (χ4n) is 3.10. The number of amides is 1. The van der Waals surface area contributed by atoms with Gasteiger partial charge in [0.15, 0.2) is 0 Å². The molecule has 0 aromatic carbocycles. The summed E-state index contributed by atoms with van der Waals surface area (Å²) >= 11 is 0. The van der Waals surface area contributed by atoms with E-state index in [-0.39, 0.29) is 5.91 Å². The quantitative estimate of drug-likeness (QED) is 0.851. The van der Waals surface area contributed by atoms with E-state index in [1.807, 2.05) is 17.2 Å². The molecule has 21 heavy (non-hydrogen) atoms. The Morgan fingerprint density at radius 1 is 1.24 bits per heavy atom. The van der Waals surface area contributed by atoms with Crippen molar-refractivity contribution in [1.29, 1.82) is 0 Å². The first-order chi connectivity index (χ1) is 10.1. The van der Waals surface area contributed by atoms with Crippen LogP contribution in [0.25, 0.3) is 5.82 Å². The van der Waals surface area contributed by atoms with Gasteiger partial charge in [-0.1, -0.05) is 13.8 Å². The number of pyridine rings is 1. The molecule has 0 N–H and O–H groups in total. The maximum Gasteiger partial charge on any atom is 0.254 e. The van der Waals surface area contributed by atoms with Gasteiger partial charge in [-0.05, 0) is 30.4 Å². The molecular weight excluding hydrogens is 264 g/mol. The zero-order valence-corrected chi connectivity index (χ0v) is 12.4. The lowest BCUT2D eigenvalue weighted by atomic mass is 9.91. The lowest BCUT2D eigenvalue weighted by Gasteiger charge is -2.35. The minimum Gasteiger partial charge on any atom is -0.338 e. The van der Waals surface area contributed by atoms with Gasteiger partial charge in [0.2, 0.25) is 0 Å². The number of aromatic nitrogens is 3. The Kier molecular flexibility index (Phi) is 3.73. The van der Waals surface area contributed by atoms with Gasteiger partial charge in [-0.15, -0.1) is 0 Å². The fraction of sp³-hybridized carbons (Fsp3) is 0.438. The highest BCUT2D eigenvalue weighted by atomic mass is 16.2. The smallest absolute Gasteiger partial charge is 0.254 e. The van der Waals surface area contributed by atoms with Crippen LogP contribution in [0.2, 0.25) is 0 Å². The van der Waals surface area contributed by atoms with Crippen LogP contribution in [0.5, 0.6) is 0 Å². The molecular formula is C16H20N4O. The zero-order chi connectivity index (χ0) is 14.8. The van der Waals surface area contributed by atoms with E-state index in [1.165, 1.54) is 6.42 Å². The van der Waals surface area contributed by atoms with Crippen LogP contribution in [0.15, 0.2) is 37.1 Å². The zero-order valence-electron chi connectivity index (χ0n) is 12.4. The summed E-state index contributed by atoms with van der Waals surface area (Å²) in [5.74, 6) is 1.94. The number of carbonyl (C=O) groups is 1. The third-order valence-corrected chi connectivity index (χ3v) is 3.92. The van der Waals surface area contributed by atoms with Crippen LogP contribution in [0.1, 0.15) is 30.6 Å². The molecule has 0 aliphatic carbocycles. The number of imidazole rings is 1.